The van der Waals surface area contributed by atoms with Crippen LogP contribution in [-0.4, -0.2) is 28.4 Å². The van der Waals surface area contributed by atoms with Gasteiger partial charge in [-0.2, -0.15) is 0 Å². The lowest BCUT2D eigenvalue weighted by Gasteiger charge is -2.19. The molecule has 8 nitrogen and oxygen atoms in total. The fourth-order valence-electron chi connectivity index (χ4n) is 2.80. The molecule has 0 spiro atoms. The number of hydrogen-bond donors (Lipinski definition) is 3. The highest BCUT2D eigenvalue weighted by Crippen LogP contribution is 2.31. The van der Waals surface area contributed by atoms with E-state index < -0.39 is 29.0 Å². The lowest BCUT2D eigenvalue weighted by Crippen LogP contribution is -2.28. The van der Waals surface area contributed by atoms with E-state index in [2.05, 4.69) is 20.6 Å². The molecule has 2 aromatic carbocycles. The van der Waals surface area contributed by atoms with Crippen LogP contribution in [0.1, 0.15) is 16.2 Å². The average molecular weight is 386 g/mol. The second kappa shape index (κ2) is 6.72. The van der Waals surface area contributed by atoms with E-state index in [0.717, 1.165) is 18.2 Å². The lowest BCUT2D eigenvalue weighted by atomic mass is 10.1. The van der Waals surface area contributed by atoms with E-state index in [4.69, 9.17) is 4.74 Å². The summed E-state index contributed by atoms with van der Waals surface area (Å²) in [6.45, 7) is -0.366. The number of amides is 2. The van der Waals surface area contributed by atoms with Crippen molar-refractivity contribution in [1.29, 1.82) is 0 Å². The number of ether oxygens (including phenoxy) is 1. The number of H-pyrrole nitrogens is 1. The molecule has 0 unspecified atom stereocenters. The van der Waals surface area contributed by atoms with E-state index in [-0.39, 0.29) is 41.3 Å². The van der Waals surface area contributed by atoms with Gasteiger partial charge in [0.1, 0.15) is 5.82 Å². The molecule has 3 N–H and O–H groups in total. The molecular weight excluding hydrogens is 374 g/mol. The van der Waals surface area contributed by atoms with Crippen LogP contribution >= 0.6 is 0 Å². The van der Waals surface area contributed by atoms with E-state index >= 15 is 0 Å². The van der Waals surface area contributed by atoms with E-state index in [1.165, 1.54) is 12.1 Å². The van der Waals surface area contributed by atoms with E-state index in [1.807, 2.05) is 0 Å². The maximum atomic E-state index is 14.1. The number of nitrogens with one attached hydrogen (secondary N) is 3. The van der Waals surface area contributed by atoms with Gasteiger partial charge in [-0.25, -0.2) is 13.8 Å². The van der Waals surface area contributed by atoms with Crippen molar-refractivity contribution in [2.75, 3.05) is 11.9 Å². The van der Waals surface area contributed by atoms with Crippen molar-refractivity contribution in [3.05, 3.63) is 63.7 Å². The fraction of sp³-hybridized carbons (Fsp3) is 0.111. The second-order valence-corrected chi connectivity index (χ2v) is 6.05. The van der Waals surface area contributed by atoms with Crippen molar-refractivity contribution in [3.8, 4) is 5.75 Å². The van der Waals surface area contributed by atoms with Crippen LogP contribution in [0, 0.1) is 11.6 Å². The highest BCUT2D eigenvalue weighted by molar-refractivity contribution is 5.95. The third-order valence-corrected chi connectivity index (χ3v) is 4.06. The number of fused-ring (bicyclic) bond motifs is 2. The van der Waals surface area contributed by atoms with Crippen LogP contribution in [0.4, 0.5) is 14.5 Å². The van der Waals surface area contributed by atoms with Crippen LogP contribution in [0.3, 0.4) is 0 Å². The van der Waals surface area contributed by atoms with Gasteiger partial charge >= 0.3 is 0 Å². The SMILES string of the molecule is O=C1COc2c(F)cc(CNC(=O)c3nc4ccc(F)cc4c(=O)[nH]3)cc2N1. The van der Waals surface area contributed by atoms with Crippen molar-refractivity contribution in [2.24, 2.45) is 0 Å². The number of carbonyl (C=O) groups excluding carboxylic acids is 2. The number of anilines is 1. The zero-order valence-corrected chi connectivity index (χ0v) is 14.1. The molecule has 3 aromatic rings. The summed E-state index contributed by atoms with van der Waals surface area (Å²) in [5.74, 6) is -2.73. The number of carbonyl (C=O) groups is 2. The zero-order chi connectivity index (χ0) is 19.8. The molecule has 4 rings (SSSR count). The molecule has 1 aromatic heterocycles. The molecule has 0 atom stereocenters. The first-order valence-electron chi connectivity index (χ1n) is 8.13. The zero-order valence-electron chi connectivity index (χ0n) is 14.1. The average Bonchev–Trinajstić information content (AvgIpc) is 2.66. The summed E-state index contributed by atoms with van der Waals surface area (Å²) in [6.07, 6.45) is 0. The summed E-state index contributed by atoms with van der Waals surface area (Å²) in [6, 6.07) is 6.07. The Kier molecular flexibility index (Phi) is 4.22. The summed E-state index contributed by atoms with van der Waals surface area (Å²) in [5.41, 5.74) is 0.0321. The van der Waals surface area contributed by atoms with Crippen molar-refractivity contribution in [2.45, 2.75) is 6.54 Å². The van der Waals surface area contributed by atoms with Crippen molar-refractivity contribution in [1.82, 2.24) is 15.3 Å². The molecule has 0 saturated heterocycles. The van der Waals surface area contributed by atoms with Gasteiger partial charge in [0.2, 0.25) is 0 Å². The van der Waals surface area contributed by atoms with Gasteiger partial charge < -0.3 is 20.4 Å². The van der Waals surface area contributed by atoms with Crippen molar-refractivity contribution >= 4 is 28.4 Å². The quantitative estimate of drug-likeness (QED) is 0.631. The molecule has 2 amide bonds. The summed E-state index contributed by atoms with van der Waals surface area (Å²) in [4.78, 5) is 42.0. The van der Waals surface area contributed by atoms with Crippen LogP contribution in [0.25, 0.3) is 10.9 Å². The van der Waals surface area contributed by atoms with Crippen LogP contribution < -0.4 is 20.9 Å². The Hall–Kier alpha value is -3.82. The van der Waals surface area contributed by atoms with Gasteiger partial charge in [0.15, 0.2) is 24.0 Å². The number of aromatic amines is 1. The molecule has 10 heteroatoms. The van der Waals surface area contributed by atoms with Gasteiger partial charge in [0.05, 0.1) is 16.6 Å². The van der Waals surface area contributed by atoms with Crippen LogP contribution in [0.2, 0.25) is 0 Å². The minimum Gasteiger partial charge on any atom is -0.478 e. The molecule has 28 heavy (non-hydrogen) atoms. The minimum absolute atomic E-state index is 0.0176. The van der Waals surface area contributed by atoms with Gasteiger partial charge in [-0.05, 0) is 35.9 Å². The number of aromatic nitrogens is 2. The Morgan fingerprint density at radius 2 is 2.04 bits per heavy atom. The number of nitrogens with zero attached hydrogens (tertiary/aromatic N) is 1. The third kappa shape index (κ3) is 3.27. The van der Waals surface area contributed by atoms with Gasteiger partial charge in [0.25, 0.3) is 17.4 Å². The molecule has 2 heterocycles. The molecule has 0 saturated carbocycles. The predicted molar refractivity (Wildman–Crippen MR) is 94.0 cm³/mol. The molecule has 0 aliphatic carbocycles. The number of rotatable bonds is 3. The van der Waals surface area contributed by atoms with Crippen molar-refractivity contribution < 1.29 is 23.1 Å². The lowest BCUT2D eigenvalue weighted by molar-refractivity contribution is -0.118. The topological polar surface area (TPSA) is 113 Å². The highest BCUT2D eigenvalue weighted by Gasteiger charge is 2.21. The Morgan fingerprint density at radius 1 is 1.21 bits per heavy atom. The highest BCUT2D eigenvalue weighted by atomic mass is 19.1. The summed E-state index contributed by atoms with van der Waals surface area (Å²) >= 11 is 0. The first-order chi connectivity index (χ1) is 13.4. The molecule has 0 fully saturated rings. The fourth-order valence-corrected chi connectivity index (χ4v) is 2.80. The molecule has 142 valence electrons. The monoisotopic (exact) mass is 386 g/mol. The predicted octanol–water partition coefficient (Wildman–Crippen LogP) is 1.46. The second-order valence-electron chi connectivity index (χ2n) is 6.05. The standard InChI is InChI=1S/C18H12F2N4O4/c19-9-1-2-12-10(5-9)17(26)24-16(23-12)18(27)21-6-8-3-11(20)15-13(4-8)22-14(25)7-28-15/h1-5H,6-7H2,(H,21,27)(H,22,25)(H,23,24,26). The first kappa shape index (κ1) is 17.6. The molecule has 1 aliphatic heterocycles. The normalized spacial score (nSPS) is 12.9. The van der Waals surface area contributed by atoms with Crippen molar-refractivity contribution in [3.63, 3.8) is 0 Å². The Balaban J connectivity index is 1.55. The Labute approximate surface area is 155 Å². The van der Waals surface area contributed by atoms with Gasteiger partial charge in [-0.1, -0.05) is 0 Å². The van der Waals surface area contributed by atoms with Crippen LogP contribution in [-0.2, 0) is 11.3 Å². The summed E-state index contributed by atoms with van der Waals surface area (Å²) in [7, 11) is 0. The molecule has 1 aliphatic rings. The molecule has 0 radical (unpaired) electrons. The Morgan fingerprint density at radius 3 is 2.86 bits per heavy atom. The minimum atomic E-state index is -0.707. The largest absolute Gasteiger partial charge is 0.478 e. The molecular formula is C18H12F2N4O4. The third-order valence-electron chi connectivity index (χ3n) is 4.06. The smallest absolute Gasteiger partial charge is 0.287 e. The van der Waals surface area contributed by atoms with Gasteiger partial charge in [-0.15, -0.1) is 0 Å². The van der Waals surface area contributed by atoms with E-state index in [0.29, 0.717) is 5.56 Å². The first-order valence-corrected chi connectivity index (χ1v) is 8.13. The Bertz CT molecular complexity index is 1190. The number of benzene rings is 2. The van der Waals surface area contributed by atoms with Gasteiger partial charge in [0, 0.05) is 6.54 Å². The summed E-state index contributed by atoms with van der Waals surface area (Å²) < 4.78 is 32.4. The molecule has 0 bridgehead atoms. The van der Waals surface area contributed by atoms with Crippen LogP contribution in [0.5, 0.6) is 5.75 Å². The maximum absolute atomic E-state index is 14.1. The van der Waals surface area contributed by atoms with Crippen LogP contribution in [0.15, 0.2) is 35.1 Å². The maximum Gasteiger partial charge on any atom is 0.287 e. The van der Waals surface area contributed by atoms with E-state index in [9.17, 15) is 23.2 Å². The number of hydrogen-bond acceptors (Lipinski definition) is 5. The summed E-state index contributed by atoms with van der Waals surface area (Å²) in [5, 5.41) is 5.00. The van der Waals surface area contributed by atoms with E-state index in [1.54, 1.807) is 0 Å². The number of halogens is 2. The van der Waals surface area contributed by atoms with Gasteiger partial charge in [-0.3, -0.25) is 14.4 Å².